The number of rotatable bonds is 4. The molecule has 4 nitrogen and oxygen atoms in total. The molecule has 0 N–H and O–H groups in total. The highest BCUT2D eigenvalue weighted by molar-refractivity contribution is 9.09. The molecule has 1 saturated heterocycles. The van der Waals surface area contributed by atoms with Crippen LogP contribution in [0.3, 0.4) is 0 Å². The predicted molar refractivity (Wildman–Crippen MR) is 77.9 cm³/mol. The minimum Gasteiger partial charge on any atom is -0.492 e. The maximum atomic E-state index is 5.80. The Kier molecular flexibility index (Phi) is 4.03. The molecule has 3 rings (SSSR count). The van der Waals surface area contributed by atoms with E-state index in [-0.39, 0.29) is 6.23 Å². The minimum absolute atomic E-state index is 0.0673. The van der Waals surface area contributed by atoms with Crippen LogP contribution in [0.2, 0.25) is 0 Å². The highest BCUT2D eigenvalue weighted by atomic mass is 79.9. The average Bonchev–Trinajstić information content (AvgIpc) is 2.90. The van der Waals surface area contributed by atoms with Crippen LogP contribution in [0.25, 0.3) is 10.9 Å². The van der Waals surface area contributed by atoms with Crippen molar-refractivity contribution in [1.82, 2.24) is 9.78 Å². The van der Waals surface area contributed by atoms with Gasteiger partial charge in [0.1, 0.15) is 5.75 Å². The summed E-state index contributed by atoms with van der Waals surface area (Å²) < 4.78 is 13.5. The van der Waals surface area contributed by atoms with Crippen molar-refractivity contribution in [2.75, 3.05) is 18.5 Å². The molecular weight excluding hydrogens is 308 g/mol. The maximum Gasteiger partial charge on any atom is 0.150 e. The molecule has 0 amide bonds. The van der Waals surface area contributed by atoms with E-state index in [9.17, 15) is 0 Å². The van der Waals surface area contributed by atoms with Crippen molar-refractivity contribution in [1.29, 1.82) is 0 Å². The molecule has 5 heteroatoms. The number of alkyl halides is 1. The van der Waals surface area contributed by atoms with Crippen LogP contribution < -0.4 is 4.74 Å². The highest BCUT2D eigenvalue weighted by Crippen LogP contribution is 2.30. The van der Waals surface area contributed by atoms with Crippen molar-refractivity contribution >= 4 is 26.8 Å². The van der Waals surface area contributed by atoms with Gasteiger partial charge in [-0.3, -0.25) is 0 Å². The van der Waals surface area contributed by atoms with Gasteiger partial charge in [-0.25, -0.2) is 4.68 Å². The number of hydrogen-bond donors (Lipinski definition) is 0. The second-order valence-corrected chi connectivity index (χ2v) is 5.43. The lowest BCUT2D eigenvalue weighted by molar-refractivity contribution is -0.0366. The van der Waals surface area contributed by atoms with Crippen molar-refractivity contribution in [3.05, 3.63) is 24.4 Å². The Morgan fingerprint density at radius 1 is 1.42 bits per heavy atom. The zero-order chi connectivity index (χ0) is 13.1. The average molecular weight is 325 g/mol. The molecule has 102 valence electrons. The Labute approximate surface area is 120 Å². The van der Waals surface area contributed by atoms with Gasteiger partial charge in [0, 0.05) is 11.9 Å². The van der Waals surface area contributed by atoms with E-state index in [4.69, 9.17) is 9.47 Å². The van der Waals surface area contributed by atoms with Crippen LogP contribution in [0.15, 0.2) is 24.4 Å². The summed E-state index contributed by atoms with van der Waals surface area (Å²) in [6.45, 7) is 1.48. The second kappa shape index (κ2) is 5.92. The Bertz CT molecular complexity index is 549. The first kappa shape index (κ1) is 12.9. The molecule has 1 aliphatic heterocycles. The molecule has 1 atom stereocenters. The number of fused-ring (bicyclic) bond motifs is 1. The molecule has 19 heavy (non-hydrogen) atoms. The van der Waals surface area contributed by atoms with E-state index < -0.39 is 0 Å². The summed E-state index contributed by atoms with van der Waals surface area (Å²) in [4.78, 5) is 0. The first-order valence-electron chi connectivity index (χ1n) is 6.67. The van der Waals surface area contributed by atoms with Gasteiger partial charge in [0.2, 0.25) is 0 Å². The molecule has 2 heterocycles. The molecule has 1 unspecified atom stereocenters. The van der Waals surface area contributed by atoms with Crippen molar-refractivity contribution in [2.45, 2.75) is 25.5 Å². The summed E-state index contributed by atoms with van der Waals surface area (Å²) in [7, 11) is 0. The van der Waals surface area contributed by atoms with E-state index in [1.165, 1.54) is 6.42 Å². The molecule has 1 aromatic carbocycles. The van der Waals surface area contributed by atoms with Crippen LogP contribution in [-0.4, -0.2) is 28.3 Å². The maximum absolute atomic E-state index is 5.80. The van der Waals surface area contributed by atoms with Gasteiger partial charge < -0.3 is 9.47 Å². The summed E-state index contributed by atoms with van der Waals surface area (Å²) in [5.74, 6) is 0.888. The van der Waals surface area contributed by atoms with Crippen LogP contribution in [-0.2, 0) is 4.74 Å². The standard InChI is InChI=1S/C14H17BrN2O2/c15-7-9-18-13-5-3-4-12-11(13)10-16-17(12)14-6-1-2-8-19-14/h3-5,10,14H,1-2,6-9H2. The Morgan fingerprint density at radius 2 is 2.37 bits per heavy atom. The summed E-state index contributed by atoms with van der Waals surface area (Å²) in [5, 5.41) is 6.36. The molecule has 1 fully saturated rings. The zero-order valence-electron chi connectivity index (χ0n) is 10.7. The quantitative estimate of drug-likeness (QED) is 0.807. The SMILES string of the molecule is BrCCOc1cccc2c1cnn2C1CCCCO1. The number of ether oxygens (including phenoxy) is 2. The molecule has 0 bridgehead atoms. The largest absolute Gasteiger partial charge is 0.492 e. The third kappa shape index (κ3) is 2.62. The normalized spacial score (nSPS) is 19.7. The Morgan fingerprint density at radius 3 is 3.16 bits per heavy atom. The summed E-state index contributed by atoms with van der Waals surface area (Å²) in [5.41, 5.74) is 1.08. The number of halogens is 1. The molecule has 1 aromatic heterocycles. The second-order valence-electron chi connectivity index (χ2n) is 4.64. The fraction of sp³-hybridized carbons (Fsp3) is 0.500. The molecule has 0 spiro atoms. The highest BCUT2D eigenvalue weighted by Gasteiger charge is 2.19. The molecule has 1 aliphatic rings. The third-order valence-electron chi connectivity index (χ3n) is 3.36. The third-order valence-corrected chi connectivity index (χ3v) is 3.69. The first-order chi connectivity index (χ1) is 9.40. The van der Waals surface area contributed by atoms with Crippen LogP contribution in [0.1, 0.15) is 25.5 Å². The van der Waals surface area contributed by atoms with Gasteiger partial charge in [0.05, 0.1) is 23.7 Å². The van der Waals surface area contributed by atoms with E-state index >= 15 is 0 Å². The molecule has 0 radical (unpaired) electrons. The van der Waals surface area contributed by atoms with E-state index in [1.54, 1.807) is 0 Å². The van der Waals surface area contributed by atoms with Crippen LogP contribution in [0.4, 0.5) is 0 Å². The van der Waals surface area contributed by atoms with Crippen molar-refractivity contribution in [3.8, 4) is 5.75 Å². The first-order valence-corrected chi connectivity index (χ1v) is 7.79. The van der Waals surface area contributed by atoms with Gasteiger partial charge in [-0.2, -0.15) is 5.10 Å². The minimum atomic E-state index is 0.0673. The van der Waals surface area contributed by atoms with Crippen LogP contribution in [0, 0.1) is 0 Å². The summed E-state index contributed by atoms with van der Waals surface area (Å²) in [6.07, 6.45) is 5.32. The van der Waals surface area contributed by atoms with E-state index in [0.29, 0.717) is 6.61 Å². The van der Waals surface area contributed by atoms with Gasteiger partial charge >= 0.3 is 0 Å². The number of nitrogens with zero attached hydrogens (tertiary/aromatic N) is 2. The smallest absolute Gasteiger partial charge is 0.150 e. The van der Waals surface area contributed by atoms with Crippen LogP contribution >= 0.6 is 15.9 Å². The predicted octanol–water partition coefficient (Wildman–Crippen LogP) is 3.51. The number of aromatic nitrogens is 2. The van der Waals surface area contributed by atoms with Gasteiger partial charge in [0.15, 0.2) is 6.23 Å². The lowest BCUT2D eigenvalue weighted by atomic mass is 10.2. The fourth-order valence-electron chi connectivity index (χ4n) is 2.46. The number of hydrogen-bond acceptors (Lipinski definition) is 3. The summed E-state index contributed by atoms with van der Waals surface area (Å²) >= 11 is 3.37. The number of benzene rings is 1. The lowest BCUT2D eigenvalue weighted by Gasteiger charge is -2.23. The van der Waals surface area contributed by atoms with Gasteiger partial charge in [-0.1, -0.05) is 22.0 Å². The van der Waals surface area contributed by atoms with Gasteiger partial charge in [-0.05, 0) is 31.4 Å². The Hall–Kier alpha value is -1.07. The summed E-state index contributed by atoms with van der Waals surface area (Å²) in [6, 6.07) is 6.06. The topological polar surface area (TPSA) is 36.3 Å². The molecule has 0 aliphatic carbocycles. The van der Waals surface area contributed by atoms with E-state index in [0.717, 1.165) is 41.4 Å². The van der Waals surface area contributed by atoms with Crippen molar-refractivity contribution in [2.24, 2.45) is 0 Å². The van der Waals surface area contributed by atoms with E-state index in [2.05, 4.69) is 27.1 Å². The van der Waals surface area contributed by atoms with Crippen molar-refractivity contribution < 1.29 is 9.47 Å². The van der Waals surface area contributed by atoms with Gasteiger partial charge in [-0.15, -0.1) is 0 Å². The molecule has 0 saturated carbocycles. The van der Waals surface area contributed by atoms with Crippen molar-refractivity contribution in [3.63, 3.8) is 0 Å². The van der Waals surface area contributed by atoms with Gasteiger partial charge in [0.25, 0.3) is 0 Å². The Balaban J connectivity index is 1.94. The lowest BCUT2D eigenvalue weighted by Crippen LogP contribution is -2.18. The monoisotopic (exact) mass is 324 g/mol. The molecular formula is C14H17BrN2O2. The van der Waals surface area contributed by atoms with Crippen LogP contribution in [0.5, 0.6) is 5.75 Å². The fourth-order valence-corrected chi connectivity index (χ4v) is 2.63. The molecule has 2 aromatic rings. The zero-order valence-corrected chi connectivity index (χ0v) is 12.3. The van der Waals surface area contributed by atoms with E-state index in [1.807, 2.05) is 23.0 Å².